The lowest BCUT2D eigenvalue weighted by Crippen LogP contribution is -2.01. The van der Waals surface area contributed by atoms with Gasteiger partial charge in [-0.15, -0.1) is 0 Å². The molecule has 4 nitrogen and oxygen atoms in total. The molecule has 0 amide bonds. The van der Waals surface area contributed by atoms with Crippen molar-refractivity contribution in [1.82, 2.24) is 4.98 Å². The van der Waals surface area contributed by atoms with Gasteiger partial charge in [-0.2, -0.15) is 0 Å². The first-order valence-electron chi connectivity index (χ1n) is 5.69. The number of rotatable bonds is 5. The van der Waals surface area contributed by atoms with E-state index in [4.69, 9.17) is 21.1 Å². The van der Waals surface area contributed by atoms with E-state index in [1.807, 2.05) is 6.07 Å². The predicted octanol–water partition coefficient (Wildman–Crippen LogP) is 3.90. The number of pyridine rings is 1. The van der Waals surface area contributed by atoms with Gasteiger partial charge in [-0.1, -0.05) is 11.6 Å². The molecule has 0 N–H and O–H groups in total. The molecule has 0 fully saturated rings. The van der Waals surface area contributed by atoms with Gasteiger partial charge in [0.15, 0.2) is 17.8 Å². The first kappa shape index (κ1) is 14.8. The Kier molecular flexibility index (Phi) is 4.98. The standard InChI is InChI=1S/C14H11BrClNO3/c1-19-13-4-12(16)3-10(7-18)14(13)20-8-9-2-11(15)6-17-5-9/h2-7H,8H2,1H3. The van der Waals surface area contributed by atoms with Crippen LogP contribution in [0.25, 0.3) is 0 Å². The van der Waals surface area contributed by atoms with Crippen LogP contribution in [-0.4, -0.2) is 18.4 Å². The van der Waals surface area contributed by atoms with Gasteiger partial charge < -0.3 is 9.47 Å². The minimum atomic E-state index is 0.269. The molecule has 2 rings (SSSR count). The average Bonchev–Trinajstić information content (AvgIpc) is 2.45. The Balaban J connectivity index is 2.26. The van der Waals surface area contributed by atoms with Crippen LogP contribution in [0.4, 0.5) is 0 Å². The van der Waals surface area contributed by atoms with Gasteiger partial charge in [0.25, 0.3) is 0 Å². The fourth-order valence-electron chi connectivity index (χ4n) is 1.67. The maximum atomic E-state index is 11.1. The zero-order valence-corrected chi connectivity index (χ0v) is 12.9. The van der Waals surface area contributed by atoms with Crippen molar-refractivity contribution in [2.24, 2.45) is 0 Å². The minimum absolute atomic E-state index is 0.269. The van der Waals surface area contributed by atoms with Crippen molar-refractivity contribution in [3.63, 3.8) is 0 Å². The van der Waals surface area contributed by atoms with Gasteiger partial charge in [0, 0.05) is 33.5 Å². The molecule has 1 aromatic carbocycles. The Hall–Kier alpha value is -1.59. The number of ether oxygens (including phenoxy) is 2. The van der Waals surface area contributed by atoms with Crippen molar-refractivity contribution in [3.8, 4) is 11.5 Å². The summed E-state index contributed by atoms with van der Waals surface area (Å²) >= 11 is 9.24. The highest BCUT2D eigenvalue weighted by Gasteiger charge is 2.12. The second-order valence-electron chi connectivity index (χ2n) is 3.94. The smallest absolute Gasteiger partial charge is 0.172 e. The topological polar surface area (TPSA) is 48.4 Å². The fraction of sp³-hybridized carbons (Fsp3) is 0.143. The normalized spacial score (nSPS) is 10.2. The van der Waals surface area contributed by atoms with Gasteiger partial charge in [-0.3, -0.25) is 9.78 Å². The molecule has 0 aliphatic rings. The van der Waals surface area contributed by atoms with E-state index in [1.165, 1.54) is 13.2 Å². The maximum absolute atomic E-state index is 11.1. The van der Waals surface area contributed by atoms with Crippen molar-refractivity contribution in [1.29, 1.82) is 0 Å². The van der Waals surface area contributed by atoms with Crippen molar-refractivity contribution in [2.45, 2.75) is 6.61 Å². The van der Waals surface area contributed by atoms with E-state index in [0.717, 1.165) is 10.0 Å². The predicted molar refractivity (Wildman–Crippen MR) is 79.7 cm³/mol. The molecule has 1 aromatic heterocycles. The van der Waals surface area contributed by atoms with E-state index in [2.05, 4.69) is 20.9 Å². The van der Waals surface area contributed by atoms with Gasteiger partial charge in [0.1, 0.15) is 6.61 Å². The third kappa shape index (κ3) is 3.49. The van der Waals surface area contributed by atoms with Gasteiger partial charge in [-0.05, 0) is 28.1 Å². The highest BCUT2D eigenvalue weighted by atomic mass is 79.9. The Bertz CT molecular complexity index is 634. The third-order valence-corrected chi connectivity index (χ3v) is 3.19. The number of aldehydes is 1. The van der Waals surface area contributed by atoms with E-state index < -0.39 is 0 Å². The van der Waals surface area contributed by atoms with Crippen molar-refractivity contribution < 1.29 is 14.3 Å². The third-order valence-electron chi connectivity index (χ3n) is 2.54. The number of aromatic nitrogens is 1. The van der Waals surface area contributed by atoms with E-state index >= 15 is 0 Å². The van der Waals surface area contributed by atoms with Crippen LogP contribution in [-0.2, 0) is 6.61 Å². The lowest BCUT2D eigenvalue weighted by atomic mass is 10.2. The van der Waals surface area contributed by atoms with Gasteiger partial charge in [-0.25, -0.2) is 0 Å². The minimum Gasteiger partial charge on any atom is -0.493 e. The molecule has 1 heterocycles. The average molecular weight is 357 g/mol. The maximum Gasteiger partial charge on any atom is 0.172 e. The van der Waals surface area contributed by atoms with E-state index in [-0.39, 0.29) is 6.61 Å². The molecular formula is C14H11BrClNO3. The summed E-state index contributed by atoms with van der Waals surface area (Å²) in [7, 11) is 1.49. The summed E-state index contributed by atoms with van der Waals surface area (Å²) in [5.41, 5.74) is 1.21. The summed E-state index contributed by atoms with van der Waals surface area (Å²) in [6, 6.07) is 5.02. The molecule has 0 saturated carbocycles. The number of halogens is 2. The van der Waals surface area contributed by atoms with Crippen LogP contribution < -0.4 is 9.47 Å². The molecule has 0 aliphatic carbocycles. The number of methoxy groups -OCH3 is 1. The number of benzene rings is 1. The molecule has 6 heteroatoms. The quantitative estimate of drug-likeness (QED) is 0.762. The molecule has 0 bridgehead atoms. The van der Waals surface area contributed by atoms with Crippen LogP contribution in [0.5, 0.6) is 11.5 Å². The monoisotopic (exact) mass is 355 g/mol. The zero-order chi connectivity index (χ0) is 14.5. The van der Waals surface area contributed by atoms with E-state index in [1.54, 1.807) is 18.5 Å². The number of carbonyl (C=O) groups is 1. The van der Waals surface area contributed by atoms with Crippen molar-refractivity contribution in [2.75, 3.05) is 7.11 Å². The van der Waals surface area contributed by atoms with E-state index in [9.17, 15) is 4.79 Å². The van der Waals surface area contributed by atoms with Crippen LogP contribution in [0.2, 0.25) is 5.02 Å². The van der Waals surface area contributed by atoms with Gasteiger partial charge in [0.05, 0.1) is 12.7 Å². The van der Waals surface area contributed by atoms with Crippen molar-refractivity contribution >= 4 is 33.8 Å². The summed E-state index contributed by atoms with van der Waals surface area (Å²) in [5, 5.41) is 0.417. The number of carbonyl (C=O) groups excluding carboxylic acids is 1. The Labute approximate surface area is 129 Å². The first-order valence-corrected chi connectivity index (χ1v) is 6.86. The largest absolute Gasteiger partial charge is 0.493 e. The van der Waals surface area contributed by atoms with Crippen LogP contribution in [0.1, 0.15) is 15.9 Å². The van der Waals surface area contributed by atoms with Crippen LogP contribution in [0, 0.1) is 0 Å². The zero-order valence-electron chi connectivity index (χ0n) is 10.6. The summed E-state index contributed by atoms with van der Waals surface area (Å²) in [6.07, 6.45) is 4.06. The molecule has 0 saturated heterocycles. The summed E-state index contributed by atoms with van der Waals surface area (Å²) in [5.74, 6) is 0.787. The summed E-state index contributed by atoms with van der Waals surface area (Å²) < 4.78 is 11.7. The van der Waals surface area contributed by atoms with Gasteiger partial charge in [0.2, 0.25) is 0 Å². The molecule has 0 aliphatic heterocycles. The molecule has 0 atom stereocenters. The molecular weight excluding hydrogens is 346 g/mol. The van der Waals surface area contributed by atoms with Crippen LogP contribution in [0.15, 0.2) is 35.1 Å². The molecule has 0 unspecified atom stereocenters. The Morgan fingerprint density at radius 2 is 2.15 bits per heavy atom. The number of hydrogen-bond donors (Lipinski definition) is 0. The molecule has 0 radical (unpaired) electrons. The molecule has 2 aromatic rings. The second-order valence-corrected chi connectivity index (χ2v) is 5.30. The number of hydrogen-bond acceptors (Lipinski definition) is 4. The second kappa shape index (κ2) is 6.72. The van der Waals surface area contributed by atoms with Gasteiger partial charge >= 0.3 is 0 Å². The molecule has 20 heavy (non-hydrogen) atoms. The molecule has 104 valence electrons. The molecule has 0 spiro atoms. The number of nitrogens with zero attached hydrogens (tertiary/aromatic N) is 1. The fourth-order valence-corrected chi connectivity index (χ4v) is 2.30. The Morgan fingerprint density at radius 3 is 2.80 bits per heavy atom. The highest BCUT2D eigenvalue weighted by Crippen LogP contribution is 2.34. The van der Waals surface area contributed by atoms with Crippen molar-refractivity contribution in [3.05, 3.63) is 51.2 Å². The van der Waals surface area contributed by atoms with Crippen LogP contribution in [0.3, 0.4) is 0 Å². The Morgan fingerprint density at radius 1 is 1.35 bits per heavy atom. The summed E-state index contributed by atoms with van der Waals surface area (Å²) in [4.78, 5) is 15.1. The summed E-state index contributed by atoms with van der Waals surface area (Å²) in [6.45, 7) is 0.269. The van der Waals surface area contributed by atoms with E-state index in [0.29, 0.717) is 28.4 Å². The first-order chi connectivity index (χ1) is 9.63. The highest BCUT2D eigenvalue weighted by molar-refractivity contribution is 9.10. The SMILES string of the molecule is COc1cc(Cl)cc(C=O)c1OCc1cncc(Br)c1. The lowest BCUT2D eigenvalue weighted by Gasteiger charge is -2.13. The van der Waals surface area contributed by atoms with Crippen LogP contribution >= 0.6 is 27.5 Å². The lowest BCUT2D eigenvalue weighted by molar-refractivity contribution is 0.111.